The maximum Gasteiger partial charge on any atom is 0.303 e. The van der Waals surface area contributed by atoms with E-state index in [1.165, 1.54) is 6.07 Å². The van der Waals surface area contributed by atoms with Crippen molar-refractivity contribution in [1.82, 2.24) is 5.16 Å². The summed E-state index contributed by atoms with van der Waals surface area (Å²) < 4.78 is 31.2. The molecule has 164 valence electrons. The van der Waals surface area contributed by atoms with Crippen molar-refractivity contribution in [3.05, 3.63) is 64.8 Å². The third-order valence-electron chi connectivity index (χ3n) is 4.80. The second-order valence-corrected chi connectivity index (χ2v) is 7.35. The first-order chi connectivity index (χ1) is 14.9. The van der Waals surface area contributed by atoms with Crippen LogP contribution in [-0.2, 0) is 17.8 Å². The number of hydrogen-bond acceptors (Lipinski definition) is 5. The van der Waals surface area contributed by atoms with E-state index in [9.17, 15) is 9.18 Å². The molecule has 0 radical (unpaired) electrons. The third-order valence-corrected chi connectivity index (χ3v) is 4.80. The second kappa shape index (κ2) is 10.1. The molecular formula is C24H26FNO5. The Bertz CT molecular complexity index is 1040. The minimum atomic E-state index is -0.959. The molecule has 0 atom stereocenters. The van der Waals surface area contributed by atoms with Crippen LogP contribution >= 0.6 is 0 Å². The fraction of sp³-hybridized carbons (Fsp3) is 0.333. The average Bonchev–Trinajstić information content (AvgIpc) is 3.07. The Labute approximate surface area is 180 Å². The second-order valence-electron chi connectivity index (χ2n) is 7.35. The number of carboxylic acids is 1. The van der Waals surface area contributed by atoms with Crippen LogP contribution in [0.15, 0.2) is 40.9 Å². The fourth-order valence-corrected chi connectivity index (χ4v) is 3.32. The molecule has 0 bridgehead atoms. The van der Waals surface area contributed by atoms with Crippen LogP contribution in [0.4, 0.5) is 4.39 Å². The van der Waals surface area contributed by atoms with Gasteiger partial charge in [-0.1, -0.05) is 18.1 Å². The summed E-state index contributed by atoms with van der Waals surface area (Å²) in [4.78, 5) is 10.7. The number of hydrogen-bond donors (Lipinski definition) is 1. The smallest absolute Gasteiger partial charge is 0.303 e. The van der Waals surface area contributed by atoms with Crippen molar-refractivity contribution in [3.8, 4) is 22.6 Å². The molecule has 0 aliphatic rings. The van der Waals surface area contributed by atoms with Crippen LogP contribution in [0.25, 0.3) is 11.1 Å². The van der Waals surface area contributed by atoms with Crippen LogP contribution in [0.5, 0.6) is 11.5 Å². The van der Waals surface area contributed by atoms with E-state index in [0.717, 1.165) is 34.6 Å². The Hall–Kier alpha value is -3.35. The van der Waals surface area contributed by atoms with Gasteiger partial charge in [-0.05, 0) is 67.6 Å². The van der Waals surface area contributed by atoms with Crippen molar-refractivity contribution < 1.29 is 28.3 Å². The van der Waals surface area contributed by atoms with Gasteiger partial charge < -0.3 is 19.1 Å². The first-order valence-electron chi connectivity index (χ1n) is 10.2. The average molecular weight is 427 g/mol. The maximum atomic E-state index is 14.3. The molecule has 0 aliphatic carbocycles. The van der Waals surface area contributed by atoms with Gasteiger partial charge in [-0.3, -0.25) is 4.79 Å². The van der Waals surface area contributed by atoms with E-state index >= 15 is 0 Å². The molecule has 7 heteroatoms. The molecule has 31 heavy (non-hydrogen) atoms. The lowest BCUT2D eigenvalue weighted by Gasteiger charge is -2.13. The Kier molecular flexibility index (Phi) is 7.28. The van der Waals surface area contributed by atoms with Crippen LogP contribution < -0.4 is 9.47 Å². The summed E-state index contributed by atoms with van der Waals surface area (Å²) in [6, 6.07) is 10.3. The molecule has 1 N–H and O–H groups in total. The molecule has 0 fully saturated rings. The molecule has 0 amide bonds. The zero-order chi connectivity index (χ0) is 22.4. The summed E-state index contributed by atoms with van der Waals surface area (Å²) in [5.41, 5.74) is 3.83. The Morgan fingerprint density at radius 2 is 1.94 bits per heavy atom. The molecule has 1 aromatic heterocycles. The maximum absolute atomic E-state index is 14.3. The van der Waals surface area contributed by atoms with Crippen molar-refractivity contribution in [2.75, 3.05) is 6.61 Å². The lowest BCUT2D eigenvalue weighted by Crippen LogP contribution is -2.02. The standard InChI is InChI=1S/C24H26FNO5/c1-4-9-29-21-11-17(10-19(12-21)24-15(2)26-31-16(24)3)14-30-20-7-5-18(22(25)13-20)6-8-23(27)28/h5,7,10-13H,4,6,8-9,14H2,1-3H3,(H,27,28). The number of aromatic nitrogens is 1. The highest BCUT2D eigenvalue weighted by Crippen LogP contribution is 2.31. The first kappa shape index (κ1) is 22.3. The number of carboxylic acid groups (broad SMARTS) is 1. The van der Waals surface area contributed by atoms with Gasteiger partial charge in [-0.25, -0.2) is 4.39 Å². The van der Waals surface area contributed by atoms with Crippen molar-refractivity contribution in [2.24, 2.45) is 0 Å². The zero-order valence-corrected chi connectivity index (χ0v) is 17.9. The van der Waals surface area contributed by atoms with E-state index in [1.54, 1.807) is 12.1 Å². The quantitative estimate of drug-likeness (QED) is 0.461. The number of nitrogens with zero attached hydrogens (tertiary/aromatic N) is 1. The number of benzene rings is 2. The number of rotatable bonds is 10. The van der Waals surface area contributed by atoms with E-state index in [0.29, 0.717) is 23.7 Å². The van der Waals surface area contributed by atoms with E-state index in [2.05, 4.69) is 5.16 Å². The minimum Gasteiger partial charge on any atom is -0.494 e. The van der Waals surface area contributed by atoms with Crippen LogP contribution in [0.3, 0.4) is 0 Å². The lowest BCUT2D eigenvalue weighted by atomic mass is 10.0. The zero-order valence-electron chi connectivity index (χ0n) is 17.9. The molecule has 6 nitrogen and oxygen atoms in total. The van der Waals surface area contributed by atoms with Gasteiger partial charge in [0.15, 0.2) is 0 Å². The van der Waals surface area contributed by atoms with Gasteiger partial charge in [0.2, 0.25) is 0 Å². The normalized spacial score (nSPS) is 10.8. The largest absolute Gasteiger partial charge is 0.494 e. The van der Waals surface area contributed by atoms with Gasteiger partial charge in [0.1, 0.15) is 29.7 Å². The van der Waals surface area contributed by atoms with Gasteiger partial charge >= 0.3 is 5.97 Å². The summed E-state index contributed by atoms with van der Waals surface area (Å²) in [7, 11) is 0. The summed E-state index contributed by atoms with van der Waals surface area (Å²) >= 11 is 0. The van der Waals surface area contributed by atoms with Crippen molar-refractivity contribution in [2.45, 2.75) is 46.6 Å². The molecule has 2 aromatic carbocycles. The lowest BCUT2D eigenvalue weighted by molar-refractivity contribution is -0.136. The number of aryl methyl sites for hydroxylation is 3. The highest BCUT2D eigenvalue weighted by Gasteiger charge is 2.14. The Morgan fingerprint density at radius 1 is 1.13 bits per heavy atom. The monoisotopic (exact) mass is 427 g/mol. The molecule has 0 unspecified atom stereocenters. The van der Waals surface area contributed by atoms with Gasteiger partial charge in [0, 0.05) is 18.1 Å². The van der Waals surface area contributed by atoms with Crippen LogP contribution in [0.2, 0.25) is 0 Å². The number of ether oxygens (including phenoxy) is 2. The van der Waals surface area contributed by atoms with Crippen molar-refractivity contribution >= 4 is 5.97 Å². The molecule has 0 saturated carbocycles. The van der Waals surface area contributed by atoms with Gasteiger partial charge in [-0.15, -0.1) is 0 Å². The van der Waals surface area contributed by atoms with Crippen LogP contribution in [0.1, 0.15) is 42.3 Å². The molecule has 3 aromatic rings. The van der Waals surface area contributed by atoms with Crippen molar-refractivity contribution in [1.29, 1.82) is 0 Å². The molecule has 0 aliphatic heterocycles. The highest BCUT2D eigenvalue weighted by atomic mass is 19.1. The molecule has 0 spiro atoms. The predicted octanol–water partition coefficient (Wildman–Crippen LogP) is 5.48. The first-order valence-corrected chi connectivity index (χ1v) is 10.2. The molecule has 3 rings (SSSR count). The van der Waals surface area contributed by atoms with Gasteiger partial charge in [0.25, 0.3) is 0 Å². The number of halogens is 1. The highest BCUT2D eigenvalue weighted by molar-refractivity contribution is 5.70. The van der Waals surface area contributed by atoms with Crippen LogP contribution in [-0.4, -0.2) is 22.8 Å². The van der Waals surface area contributed by atoms with E-state index in [-0.39, 0.29) is 19.4 Å². The molecular weight excluding hydrogens is 401 g/mol. The van der Waals surface area contributed by atoms with E-state index in [1.807, 2.05) is 39.0 Å². The number of carbonyl (C=O) groups is 1. The van der Waals surface area contributed by atoms with E-state index < -0.39 is 11.8 Å². The van der Waals surface area contributed by atoms with Gasteiger partial charge in [-0.2, -0.15) is 0 Å². The molecule has 1 heterocycles. The minimum absolute atomic E-state index is 0.119. The predicted molar refractivity (Wildman–Crippen MR) is 114 cm³/mol. The topological polar surface area (TPSA) is 81.8 Å². The van der Waals surface area contributed by atoms with Gasteiger partial charge in [0.05, 0.1) is 12.3 Å². The Balaban J connectivity index is 1.80. The number of aliphatic carboxylic acids is 1. The summed E-state index contributed by atoms with van der Waals surface area (Å²) in [6.07, 6.45) is 0.903. The summed E-state index contributed by atoms with van der Waals surface area (Å²) in [5, 5.41) is 12.8. The summed E-state index contributed by atoms with van der Waals surface area (Å²) in [5.74, 6) is 0.369. The fourth-order valence-electron chi connectivity index (χ4n) is 3.32. The third kappa shape index (κ3) is 5.84. The summed E-state index contributed by atoms with van der Waals surface area (Å²) in [6.45, 7) is 6.59. The SMILES string of the molecule is CCCOc1cc(COc2ccc(CCC(=O)O)c(F)c2)cc(-c2c(C)noc2C)c1. The molecule has 0 saturated heterocycles. The van der Waals surface area contributed by atoms with Crippen LogP contribution in [0, 0.1) is 19.7 Å². The van der Waals surface area contributed by atoms with Crippen molar-refractivity contribution in [3.63, 3.8) is 0 Å². The Morgan fingerprint density at radius 3 is 2.58 bits per heavy atom. The van der Waals surface area contributed by atoms with E-state index in [4.69, 9.17) is 19.1 Å².